The van der Waals surface area contributed by atoms with Gasteiger partial charge in [0.1, 0.15) is 17.3 Å². The van der Waals surface area contributed by atoms with Gasteiger partial charge in [0, 0.05) is 17.8 Å². The largest absolute Gasteiger partial charge is 0.506 e. The summed E-state index contributed by atoms with van der Waals surface area (Å²) in [5, 5.41) is 9.41. The third kappa shape index (κ3) is 2.85. The maximum absolute atomic E-state index is 13.1. The second-order valence-corrected chi connectivity index (χ2v) is 4.14. The van der Waals surface area contributed by atoms with Crippen molar-refractivity contribution in [3.8, 4) is 5.75 Å². The number of ketones is 1. The zero-order valence-electron chi connectivity index (χ0n) is 10.7. The van der Waals surface area contributed by atoms with E-state index in [1.54, 1.807) is 0 Å². The number of halogens is 1. The van der Waals surface area contributed by atoms with Gasteiger partial charge in [-0.3, -0.25) is 4.79 Å². The van der Waals surface area contributed by atoms with E-state index in [0.717, 1.165) is 6.07 Å². The van der Waals surface area contributed by atoms with Crippen molar-refractivity contribution in [1.29, 1.82) is 0 Å². The molecule has 0 aliphatic heterocycles. The van der Waals surface area contributed by atoms with Crippen LogP contribution >= 0.6 is 0 Å². The summed E-state index contributed by atoms with van der Waals surface area (Å²) in [4.78, 5) is 23.5. The highest BCUT2D eigenvalue weighted by Crippen LogP contribution is 2.17. The number of aromatic hydroxyl groups is 1. The van der Waals surface area contributed by atoms with E-state index in [1.165, 1.54) is 42.1 Å². The fourth-order valence-corrected chi connectivity index (χ4v) is 1.81. The molecular weight excluding hydrogens is 265 g/mol. The van der Waals surface area contributed by atoms with Gasteiger partial charge in [0.15, 0.2) is 5.78 Å². The molecule has 0 aliphatic rings. The van der Waals surface area contributed by atoms with Crippen LogP contribution in [0, 0.1) is 5.82 Å². The summed E-state index contributed by atoms with van der Waals surface area (Å²) in [6.45, 7) is -0.200. The second kappa shape index (κ2) is 5.56. The summed E-state index contributed by atoms with van der Waals surface area (Å²) in [5.74, 6) is -1.72. The summed E-state index contributed by atoms with van der Waals surface area (Å²) in [5.41, 5.74) is 0.240. The second-order valence-electron chi connectivity index (χ2n) is 4.14. The Bertz CT molecular complexity index is 663. The summed E-state index contributed by atoms with van der Waals surface area (Å²) in [6.07, 6.45) is 1.24. The molecule has 0 atom stereocenters. The molecule has 5 nitrogen and oxygen atoms in total. The van der Waals surface area contributed by atoms with E-state index in [4.69, 9.17) is 0 Å². The first-order valence-electron chi connectivity index (χ1n) is 5.77. The van der Waals surface area contributed by atoms with Gasteiger partial charge in [0.2, 0.25) is 0 Å². The third-order valence-electron chi connectivity index (χ3n) is 2.74. The number of rotatable bonds is 4. The number of Topliss-reactive ketones (excluding diaryl/α,β-unsaturated/α-hetero) is 1. The molecule has 6 heteroatoms. The van der Waals surface area contributed by atoms with Gasteiger partial charge >= 0.3 is 5.97 Å². The van der Waals surface area contributed by atoms with Crippen LogP contribution in [0.15, 0.2) is 36.5 Å². The van der Waals surface area contributed by atoms with E-state index < -0.39 is 11.8 Å². The zero-order valence-corrected chi connectivity index (χ0v) is 10.7. The number of carbonyl (C=O) groups excluding carboxylic acids is 2. The van der Waals surface area contributed by atoms with E-state index in [1.807, 2.05) is 0 Å². The quantitative estimate of drug-likeness (QED) is 0.685. The average molecular weight is 277 g/mol. The van der Waals surface area contributed by atoms with Crippen LogP contribution in [0.25, 0.3) is 0 Å². The summed E-state index contributed by atoms with van der Waals surface area (Å²) >= 11 is 0. The number of hydrogen-bond donors (Lipinski definition) is 1. The molecule has 104 valence electrons. The molecule has 0 fully saturated rings. The van der Waals surface area contributed by atoms with Gasteiger partial charge in [0.25, 0.3) is 0 Å². The molecule has 0 amide bonds. The minimum absolute atomic E-state index is 0.0507. The van der Waals surface area contributed by atoms with Gasteiger partial charge in [-0.2, -0.15) is 0 Å². The molecule has 1 aromatic heterocycles. The van der Waals surface area contributed by atoms with Crippen LogP contribution in [-0.2, 0) is 11.3 Å². The van der Waals surface area contributed by atoms with Gasteiger partial charge < -0.3 is 14.4 Å². The van der Waals surface area contributed by atoms with E-state index >= 15 is 0 Å². The Morgan fingerprint density at radius 3 is 2.75 bits per heavy atom. The summed E-state index contributed by atoms with van der Waals surface area (Å²) in [6, 6.07) is 6.45. The SMILES string of the molecule is COC(=O)c1cc(O)cn1CC(=O)c1cccc(F)c1. The Morgan fingerprint density at radius 2 is 2.10 bits per heavy atom. The first kappa shape index (κ1) is 13.8. The van der Waals surface area contributed by atoms with Gasteiger partial charge in [-0.05, 0) is 12.1 Å². The van der Waals surface area contributed by atoms with E-state index in [0.29, 0.717) is 0 Å². The van der Waals surface area contributed by atoms with Gasteiger partial charge in [-0.15, -0.1) is 0 Å². The van der Waals surface area contributed by atoms with Crippen molar-refractivity contribution in [1.82, 2.24) is 4.57 Å². The summed E-state index contributed by atoms with van der Waals surface area (Å²) < 4.78 is 18.9. The predicted octanol–water partition coefficient (Wildman–Crippen LogP) is 2.00. The van der Waals surface area contributed by atoms with Crippen molar-refractivity contribution in [2.24, 2.45) is 0 Å². The number of methoxy groups -OCH3 is 1. The monoisotopic (exact) mass is 277 g/mol. The molecule has 0 unspecified atom stereocenters. The highest BCUT2D eigenvalue weighted by atomic mass is 19.1. The Labute approximate surface area is 114 Å². The fourth-order valence-electron chi connectivity index (χ4n) is 1.81. The molecule has 2 aromatic rings. The molecule has 0 aliphatic carbocycles. The number of carbonyl (C=O) groups is 2. The van der Waals surface area contributed by atoms with E-state index in [2.05, 4.69) is 4.74 Å². The molecule has 20 heavy (non-hydrogen) atoms. The normalized spacial score (nSPS) is 10.3. The number of hydrogen-bond acceptors (Lipinski definition) is 4. The zero-order chi connectivity index (χ0) is 14.7. The lowest BCUT2D eigenvalue weighted by molar-refractivity contribution is 0.0588. The Hall–Kier alpha value is -2.63. The number of esters is 1. The van der Waals surface area contributed by atoms with Gasteiger partial charge in [0.05, 0.1) is 13.7 Å². The first-order chi connectivity index (χ1) is 9.51. The maximum Gasteiger partial charge on any atom is 0.354 e. The molecule has 1 N–H and O–H groups in total. The number of benzene rings is 1. The third-order valence-corrected chi connectivity index (χ3v) is 2.74. The number of aromatic nitrogens is 1. The lowest BCUT2D eigenvalue weighted by Crippen LogP contribution is -2.15. The standard InChI is InChI=1S/C14H12FNO4/c1-20-14(19)12-6-11(17)7-16(12)8-13(18)9-3-2-4-10(15)5-9/h2-7,17H,8H2,1H3. The van der Waals surface area contributed by atoms with Crippen LogP contribution in [0.1, 0.15) is 20.8 Å². The molecular formula is C14H12FNO4. The maximum atomic E-state index is 13.1. The van der Waals surface area contributed by atoms with Crippen LogP contribution in [0.3, 0.4) is 0 Å². The lowest BCUT2D eigenvalue weighted by Gasteiger charge is -2.06. The number of nitrogens with zero attached hydrogens (tertiary/aromatic N) is 1. The molecule has 2 rings (SSSR count). The molecule has 0 saturated heterocycles. The van der Waals surface area contributed by atoms with E-state index in [-0.39, 0.29) is 29.3 Å². The van der Waals surface area contributed by atoms with Crippen LogP contribution in [0.2, 0.25) is 0 Å². The molecule has 0 saturated carbocycles. The lowest BCUT2D eigenvalue weighted by atomic mass is 10.1. The van der Waals surface area contributed by atoms with Gasteiger partial charge in [-0.25, -0.2) is 9.18 Å². The van der Waals surface area contributed by atoms with Gasteiger partial charge in [-0.1, -0.05) is 12.1 Å². The molecule has 0 bridgehead atoms. The summed E-state index contributed by atoms with van der Waals surface area (Å²) in [7, 11) is 1.20. The van der Waals surface area contributed by atoms with Crippen LogP contribution < -0.4 is 0 Å². The smallest absolute Gasteiger partial charge is 0.354 e. The highest BCUT2D eigenvalue weighted by Gasteiger charge is 2.17. The van der Waals surface area contributed by atoms with Crippen molar-refractivity contribution in [3.63, 3.8) is 0 Å². The van der Waals surface area contributed by atoms with E-state index in [9.17, 15) is 19.1 Å². The van der Waals surface area contributed by atoms with Crippen molar-refractivity contribution < 1.29 is 23.8 Å². The molecule has 0 radical (unpaired) electrons. The number of ether oxygens (including phenoxy) is 1. The average Bonchev–Trinajstić information content (AvgIpc) is 2.78. The Balaban J connectivity index is 2.26. The topological polar surface area (TPSA) is 68.5 Å². The van der Waals surface area contributed by atoms with Crippen molar-refractivity contribution in [2.75, 3.05) is 7.11 Å². The Morgan fingerprint density at radius 1 is 1.35 bits per heavy atom. The minimum Gasteiger partial charge on any atom is -0.506 e. The van der Waals surface area contributed by atoms with Crippen LogP contribution in [-0.4, -0.2) is 28.5 Å². The molecule has 0 spiro atoms. The minimum atomic E-state index is -0.669. The van der Waals surface area contributed by atoms with Crippen molar-refractivity contribution in [2.45, 2.75) is 6.54 Å². The Kier molecular flexibility index (Phi) is 3.84. The molecule has 1 aromatic carbocycles. The van der Waals surface area contributed by atoms with Crippen LogP contribution in [0.4, 0.5) is 4.39 Å². The van der Waals surface area contributed by atoms with Crippen LogP contribution in [0.5, 0.6) is 5.75 Å². The molecule has 1 heterocycles. The predicted molar refractivity (Wildman–Crippen MR) is 68.2 cm³/mol. The van der Waals surface area contributed by atoms with Crippen molar-refractivity contribution in [3.05, 3.63) is 53.6 Å². The highest BCUT2D eigenvalue weighted by molar-refractivity contribution is 5.97. The fraction of sp³-hybridized carbons (Fsp3) is 0.143. The first-order valence-corrected chi connectivity index (χ1v) is 5.77. The van der Waals surface area contributed by atoms with Crippen molar-refractivity contribution >= 4 is 11.8 Å².